The van der Waals surface area contributed by atoms with E-state index in [1.807, 2.05) is 11.3 Å². The van der Waals surface area contributed by atoms with Crippen molar-refractivity contribution in [2.45, 2.75) is 57.5 Å². The molecule has 0 amide bonds. The van der Waals surface area contributed by atoms with Gasteiger partial charge in [-0.3, -0.25) is 4.90 Å². The monoisotopic (exact) mass is 292 g/mol. The molecule has 2 saturated carbocycles. The Hall–Kier alpha value is -0.380. The van der Waals surface area contributed by atoms with Crippen LogP contribution in [0.4, 0.5) is 0 Å². The molecule has 1 atom stereocenters. The van der Waals surface area contributed by atoms with E-state index in [0.29, 0.717) is 6.04 Å². The maximum absolute atomic E-state index is 3.88. The van der Waals surface area contributed by atoms with E-state index in [9.17, 15) is 0 Å². The van der Waals surface area contributed by atoms with Crippen molar-refractivity contribution >= 4 is 11.3 Å². The van der Waals surface area contributed by atoms with Crippen LogP contribution >= 0.6 is 11.3 Å². The van der Waals surface area contributed by atoms with Crippen molar-refractivity contribution in [2.75, 3.05) is 19.6 Å². The maximum atomic E-state index is 3.88. The van der Waals surface area contributed by atoms with Crippen molar-refractivity contribution in [3.05, 3.63) is 22.4 Å². The molecular weight excluding hydrogens is 264 g/mol. The van der Waals surface area contributed by atoms with Gasteiger partial charge in [-0.2, -0.15) is 0 Å². The average molecular weight is 292 g/mol. The number of likely N-dealkylation sites (N-methyl/N-ethyl adjacent to an activating group) is 1. The quantitative estimate of drug-likeness (QED) is 0.777. The van der Waals surface area contributed by atoms with Gasteiger partial charge in [-0.15, -0.1) is 11.3 Å². The second-order valence-electron chi connectivity index (χ2n) is 6.35. The first-order valence-electron chi connectivity index (χ1n) is 8.39. The summed E-state index contributed by atoms with van der Waals surface area (Å²) < 4.78 is 0. The lowest BCUT2D eigenvalue weighted by atomic mass is 9.97. The smallest absolute Gasteiger partial charge is 0.0443 e. The van der Waals surface area contributed by atoms with Gasteiger partial charge >= 0.3 is 0 Å². The minimum Gasteiger partial charge on any atom is -0.308 e. The third kappa shape index (κ3) is 3.63. The number of rotatable bonds is 8. The molecule has 3 heteroatoms. The van der Waals surface area contributed by atoms with Crippen LogP contribution in [-0.4, -0.2) is 30.6 Å². The Bertz CT molecular complexity index is 380. The van der Waals surface area contributed by atoms with Crippen molar-refractivity contribution < 1.29 is 0 Å². The van der Waals surface area contributed by atoms with Gasteiger partial charge in [0.05, 0.1) is 0 Å². The molecule has 20 heavy (non-hydrogen) atoms. The van der Waals surface area contributed by atoms with Gasteiger partial charge < -0.3 is 5.32 Å². The standard InChI is InChI=1S/C17H28N2S/c1-2-19(15-9-10-15)12-11-18-17(14-6-3-4-7-14)16-8-5-13-20-16/h5,8,13-15,17-18H,2-4,6-7,9-12H2,1H3. The second kappa shape index (κ2) is 7.06. The van der Waals surface area contributed by atoms with Gasteiger partial charge in [-0.25, -0.2) is 0 Å². The number of nitrogens with zero attached hydrogens (tertiary/aromatic N) is 1. The molecule has 2 aliphatic rings. The molecule has 1 aromatic heterocycles. The normalized spacial score (nSPS) is 21.7. The first-order valence-corrected chi connectivity index (χ1v) is 9.27. The molecular formula is C17H28N2S. The molecule has 2 aliphatic carbocycles. The lowest BCUT2D eigenvalue weighted by Crippen LogP contribution is -2.36. The predicted molar refractivity (Wildman–Crippen MR) is 87.3 cm³/mol. The first-order chi connectivity index (χ1) is 9.88. The predicted octanol–water partition coefficient (Wildman–Crippen LogP) is 4.05. The highest BCUT2D eigenvalue weighted by atomic mass is 32.1. The van der Waals surface area contributed by atoms with Crippen LogP contribution in [0, 0.1) is 5.92 Å². The van der Waals surface area contributed by atoms with Crippen LogP contribution in [0.2, 0.25) is 0 Å². The summed E-state index contributed by atoms with van der Waals surface area (Å²) in [6.07, 6.45) is 8.52. The van der Waals surface area contributed by atoms with Crippen LogP contribution in [-0.2, 0) is 0 Å². The lowest BCUT2D eigenvalue weighted by molar-refractivity contribution is 0.262. The average Bonchev–Trinajstić information content (AvgIpc) is 2.97. The Morgan fingerprint density at radius 1 is 1.30 bits per heavy atom. The molecule has 0 bridgehead atoms. The Balaban J connectivity index is 1.53. The van der Waals surface area contributed by atoms with E-state index < -0.39 is 0 Å². The third-order valence-electron chi connectivity index (χ3n) is 4.95. The van der Waals surface area contributed by atoms with Crippen molar-refractivity contribution in [2.24, 2.45) is 5.92 Å². The molecule has 0 spiro atoms. The van der Waals surface area contributed by atoms with Crippen LogP contribution in [0.5, 0.6) is 0 Å². The third-order valence-corrected chi connectivity index (χ3v) is 5.91. The molecule has 2 nitrogen and oxygen atoms in total. The highest BCUT2D eigenvalue weighted by molar-refractivity contribution is 7.10. The largest absolute Gasteiger partial charge is 0.308 e. The summed E-state index contributed by atoms with van der Waals surface area (Å²) in [5.41, 5.74) is 0. The number of hydrogen-bond donors (Lipinski definition) is 1. The minimum absolute atomic E-state index is 0.607. The van der Waals surface area contributed by atoms with E-state index in [1.165, 1.54) is 51.6 Å². The highest BCUT2D eigenvalue weighted by Crippen LogP contribution is 2.37. The first kappa shape index (κ1) is 14.6. The topological polar surface area (TPSA) is 15.3 Å². The molecule has 3 rings (SSSR count). The van der Waals surface area contributed by atoms with Gasteiger partial charge in [0, 0.05) is 30.1 Å². The molecule has 1 aromatic rings. The van der Waals surface area contributed by atoms with Gasteiger partial charge in [-0.05, 0) is 49.6 Å². The molecule has 2 fully saturated rings. The maximum Gasteiger partial charge on any atom is 0.0443 e. The van der Waals surface area contributed by atoms with Crippen molar-refractivity contribution in [1.29, 1.82) is 0 Å². The number of nitrogens with one attached hydrogen (secondary N) is 1. The van der Waals surface area contributed by atoms with Crippen LogP contribution in [0.25, 0.3) is 0 Å². The van der Waals surface area contributed by atoms with E-state index in [2.05, 4.69) is 34.7 Å². The SMILES string of the molecule is CCN(CCNC(c1cccs1)C1CCCC1)C1CC1. The number of thiophene rings is 1. The van der Waals surface area contributed by atoms with Gasteiger partial charge in [0.15, 0.2) is 0 Å². The molecule has 0 radical (unpaired) electrons. The fraction of sp³-hybridized carbons (Fsp3) is 0.765. The van der Waals surface area contributed by atoms with E-state index in [4.69, 9.17) is 0 Å². The summed E-state index contributed by atoms with van der Waals surface area (Å²) in [6, 6.07) is 6.02. The Morgan fingerprint density at radius 3 is 2.70 bits per heavy atom. The molecule has 0 saturated heterocycles. The van der Waals surface area contributed by atoms with Crippen molar-refractivity contribution in [1.82, 2.24) is 10.2 Å². The van der Waals surface area contributed by atoms with Gasteiger partial charge in [-0.1, -0.05) is 25.8 Å². The summed E-state index contributed by atoms with van der Waals surface area (Å²) in [7, 11) is 0. The summed E-state index contributed by atoms with van der Waals surface area (Å²) >= 11 is 1.93. The lowest BCUT2D eigenvalue weighted by Gasteiger charge is -2.26. The Labute approximate surface area is 127 Å². The van der Waals surface area contributed by atoms with Gasteiger partial charge in [0.2, 0.25) is 0 Å². The van der Waals surface area contributed by atoms with Crippen LogP contribution < -0.4 is 5.32 Å². The zero-order valence-electron chi connectivity index (χ0n) is 12.7. The summed E-state index contributed by atoms with van der Waals surface area (Å²) in [4.78, 5) is 4.19. The van der Waals surface area contributed by atoms with Crippen molar-refractivity contribution in [3.63, 3.8) is 0 Å². The highest BCUT2D eigenvalue weighted by Gasteiger charge is 2.29. The Morgan fingerprint density at radius 2 is 2.10 bits per heavy atom. The van der Waals surface area contributed by atoms with Crippen LogP contribution in [0.15, 0.2) is 17.5 Å². The molecule has 1 N–H and O–H groups in total. The summed E-state index contributed by atoms with van der Waals surface area (Å²) in [5.74, 6) is 0.865. The van der Waals surface area contributed by atoms with Crippen molar-refractivity contribution in [3.8, 4) is 0 Å². The molecule has 112 valence electrons. The fourth-order valence-electron chi connectivity index (χ4n) is 3.66. The van der Waals surface area contributed by atoms with E-state index in [1.54, 1.807) is 4.88 Å². The minimum atomic E-state index is 0.607. The molecule has 1 heterocycles. The number of hydrogen-bond acceptors (Lipinski definition) is 3. The zero-order valence-corrected chi connectivity index (χ0v) is 13.5. The van der Waals surface area contributed by atoms with Crippen LogP contribution in [0.1, 0.15) is 56.4 Å². The van der Waals surface area contributed by atoms with E-state index in [-0.39, 0.29) is 0 Å². The van der Waals surface area contributed by atoms with E-state index >= 15 is 0 Å². The zero-order chi connectivity index (χ0) is 13.8. The molecule has 0 aliphatic heterocycles. The fourth-order valence-corrected chi connectivity index (χ4v) is 4.55. The molecule has 0 aromatic carbocycles. The van der Waals surface area contributed by atoms with Crippen LogP contribution in [0.3, 0.4) is 0 Å². The Kier molecular flexibility index (Phi) is 5.14. The van der Waals surface area contributed by atoms with Gasteiger partial charge in [0.25, 0.3) is 0 Å². The summed E-state index contributed by atoms with van der Waals surface area (Å²) in [5, 5.41) is 6.10. The van der Waals surface area contributed by atoms with E-state index in [0.717, 1.165) is 18.5 Å². The second-order valence-corrected chi connectivity index (χ2v) is 7.33. The van der Waals surface area contributed by atoms with Gasteiger partial charge in [0.1, 0.15) is 0 Å². The summed E-state index contributed by atoms with van der Waals surface area (Å²) in [6.45, 7) is 5.87. The molecule has 1 unspecified atom stereocenters.